The minimum atomic E-state index is -1.95. The van der Waals surface area contributed by atoms with Crippen molar-refractivity contribution in [2.75, 3.05) is 0 Å². The molecule has 296 valence electrons. The fourth-order valence-corrected chi connectivity index (χ4v) is 11.4. The molecule has 0 atom stereocenters. The molecule has 0 unspecified atom stereocenters. The fraction of sp³-hybridized carbons (Fsp3) is 0.0192. The molecule has 0 bridgehead atoms. The van der Waals surface area contributed by atoms with Crippen LogP contribution in [0.4, 0.5) is 0 Å². The van der Waals surface area contributed by atoms with Crippen molar-refractivity contribution in [2.45, 2.75) is 5.41 Å². The highest BCUT2D eigenvalue weighted by atomic mass is 15.2. The Labute approximate surface area is 452 Å². The summed E-state index contributed by atoms with van der Waals surface area (Å²) in [5.74, 6) is 0.544. The minimum absolute atomic E-state index is 0.00453. The van der Waals surface area contributed by atoms with Crippen LogP contribution in [-0.2, 0) is 5.41 Å². The molecule has 1 spiro atoms. The molecular formula is C52H14B18N4. The molecule has 0 N–H and O–H groups in total. The molecule has 4 nitrogen and oxygen atoms in total. The van der Waals surface area contributed by atoms with Gasteiger partial charge in [-0.15, -0.1) is 43.7 Å². The summed E-state index contributed by atoms with van der Waals surface area (Å²) in [5, 5.41) is 0.462. The predicted molar refractivity (Wildman–Crippen MR) is 324 cm³/mol. The highest BCUT2D eigenvalue weighted by Gasteiger charge is 2.57. The number of fused-ring (bicyclic) bond motifs is 14. The Bertz CT molecular complexity index is 4150. The lowest BCUT2D eigenvalue weighted by molar-refractivity contribution is 0.819. The van der Waals surface area contributed by atoms with E-state index in [1.807, 2.05) is 84.9 Å². The van der Waals surface area contributed by atoms with Crippen molar-refractivity contribution < 1.29 is 0 Å². The van der Waals surface area contributed by atoms with Crippen molar-refractivity contribution in [2.24, 2.45) is 0 Å². The highest BCUT2D eigenvalue weighted by molar-refractivity contribution is 6.71. The number of rotatable bonds is 4. The Hall–Kier alpha value is -6.26. The molecular weight excluding hydrogens is 875 g/mol. The van der Waals surface area contributed by atoms with Crippen molar-refractivity contribution >= 4 is 261 Å². The Morgan fingerprint density at radius 3 is 1.05 bits per heavy atom. The molecule has 74 heavy (non-hydrogen) atoms. The number of nitrogens with zero attached hydrogens (tertiary/aromatic N) is 4. The first-order valence-corrected chi connectivity index (χ1v) is 22.9. The summed E-state index contributed by atoms with van der Waals surface area (Å²) >= 11 is 0. The van der Waals surface area contributed by atoms with Gasteiger partial charge in [0.2, 0.25) is 5.95 Å². The third kappa shape index (κ3) is 6.15. The second-order valence-corrected chi connectivity index (χ2v) is 18.6. The van der Waals surface area contributed by atoms with Gasteiger partial charge >= 0.3 is 0 Å². The highest BCUT2D eigenvalue weighted by Crippen LogP contribution is 2.60. The van der Waals surface area contributed by atoms with E-state index in [1.165, 1.54) is 0 Å². The van der Waals surface area contributed by atoms with Crippen molar-refractivity contribution in [1.82, 2.24) is 19.5 Å². The summed E-state index contributed by atoms with van der Waals surface area (Å²) < 4.78 is 1.66. The zero-order valence-electron chi connectivity index (χ0n) is 39.3. The van der Waals surface area contributed by atoms with Crippen molar-refractivity contribution in [1.29, 1.82) is 0 Å². The predicted octanol–water partition coefficient (Wildman–Crippen LogP) is -9.40. The smallest absolute Gasteiger partial charge is 0.238 e. The van der Waals surface area contributed by atoms with Gasteiger partial charge in [0.15, 0.2) is 11.6 Å². The van der Waals surface area contributed by atoms with Gasteiger partial charge < -0.3 is 0 Å². The third-order valence-corrected chi connectivity index (χ3v) is 15.0. The van der Waals surface area contributed by atoms with Crippen LogP contribution in [0.3, 0.4) is 0 Å². The zero-order chi connectivity index (χ0) is 52.5. The lowest BCUT2D eigenvalue weighted by atomic mass is 9.53. The van der Waals surface area contributed by atoms with Gasteiger partial charge in [-0.25, -0.2) is 4.98 Å². The van der Waals surface area contributed by atoms with Crippen LogP contribution < -0.4 is 98.3 Å². The van der Waals surface area contributed by atoms with E-state index < -0.39 is 5.41 Å². The van der Waals surface area contributed by atoms with Crippen molar-refractivity contribution in [3.63, 3.8) is 0 Å². The Kier molecular flexibility index (Phi) is 11.1. The maximum atomic E-state index is 7.58. The number of aromatic nitrogens is 4. The third-order valence-electron chi connectivity index (χ3n) is 15.0. The first-order chi connectivity index (χ1) is 35.3. The number of hydrogen-bond donors (Lipinski definition) is 0. The van der Waals surface area contributed by atoms with E-state index >= 15 is 0 Å². The van der Waals surface area contributed by atoms with Gasteiger partial charge in [-0.3, -0.25) is 4.57 Å². The molecule has 2 aliphatic carbocycles. The van der Waals surface area contributed by atoms with Gasteiger partial charge in [-0.05, 0) is 55.5 Å². The Balaban J connectivity index is 1.35. The van der Waals surface area contributed by atoms with E-state index in [-0.39, 0.29) is 182 Å². The molecule has 2 aliphatic rings. The average Bonchev–Trinajstić information content (AvgIpc) is 4.05. The van der Waals surface area contributed by atoms with Gasteiger partial charge in [0.25, 0.3) is 0 Å². The van der Waals surface area contributed by atoms with Crippen molar-refractivity contribution in [3.8, 4) is 62.1 Å². The largest absolute Gasteiger partial charge is 0.278 e. The number of benzene rings is 8. The van der Waals surface area contributed by atoms with E-state index in [0.717, 1.165) is 11.1 Å². The monoisotopic (exact) mass is 892 g/mol. The maximum absolute atomic E-state index is 7.58. The second-order valence-electron chi connectivity index (χ2n) is 18.6. The van der Waals surface area contributed by atoms with Crippen LogP contribution >= 0.6 is 0 Å². The van der Waals surface area contributed by atoms with Crippen LogP contribution in [0.2, 0.25) is 0 Å². The van der Waals surface area contributed by atoms with E-state index in [9.17, 15) is 0 Å². The summed E-state index contributed by atoms with van der Waals surface area (Å²) in [5.41, 5.74) is 2.31. The average molecular weight is 889 g/mol. The Morgan fingerprint density at radius 1 is 0.270 bits per heavy atom. The SMILES string of the molecule is [B]c1c([B])c([B])c2c(c1[B])-c1c([B])c([B])c([B])c([B])c1C21c2c([B])c([B])c([B])c([B])c2-c2c1c([B])c([B])c1c3c([B])c([B])c([B])c([B])c3n(-c3nc(-c4ccccc4)nc(-c4ccc(-c5ccccc5)cc4)n3)c21. The molecule has 0 saturated carbocycles. The van der Waals surface area contributed by atoms with Gasteiger partial charge in [-0.2, -0.15) is 9.97 Å². The summed E-state index contributed by atoms with van der Waals surface area (Å²) in [6.07, 6.45) is 0. The van der Waals surface area contributed by atoms with Crippen LogP contribution in [0.5, 0.6) is 0 Å². The second kappa shape index (κ2) is 16.9. The van der Waals surface area contributed by atoms with Gasteiger partial charge in [0.05, 0.1) is 10.9 Å². The number of hydrogen-bond acceptors (Lipinski definition) is 3. The maximum Gasteiger partial charge on any atom is 0.238 e. The van der Waals surface area contributed by atoms with E-state index in [2.05, 4.69) is 0 Å². The molecule has 0 aliphatic heterocycles. The van der Waals surface area contributed by atoms with Gasteiger partial charge in [0.1, 0.15) is 141 Å². The summed E-state index contributed by atoms with van der Waals surface area (Å²) in [7, 11) is 126. The van der Waals surface area contributed by atoms with Crippen LogP contribution in [0.25, 0.3) is 83.9 Å². The molecule has 12 rings (SSSR count). The molecule has 10 aromatic rings. The lowest BCUT2D eigenvalue weighted by Crippen LogP contribution is -2.56. The molecule has 8 aromatic carbocycles. The first-order valence-electron chi connectivity index (χ1n) is 22.9. The molecule has 0 amide bonds. The van der Waals surface area contributed by atoms with Crippen LogP contribution in [0, 0.1) is 0 Å². The van der Waals surface area contributed by atoms with E-state index in [1.54, 1.807) is 4.57 Å². The summed E-state index contributed by atoms with van der Waals surface area (Å²) in [4.78, 5) is 15.4. The van der Waals surface area contributed by atoms with E-state index in [0.29, 0.717) is 11.1 Å². The van der Waals surface area contributed by atoms with Crippen LogP contribution in [0.1, 0.15) is 22.3 Å². The molecule has 2 heterocycles. The molecule has 22 heteroatoms. The minimum Gasteiger partial charge on any atom is -0.278 e. The topological polar surface area (TPSA) is 43.6 Å². The standard InChI is InChI=1S/C52H14B18N4/c53-29-19-20-26(36(60)43(67)39(63)30(20)54)52(25(19)35(59)42(66)38(29)62)27-21(31(55)40(64)44(68)37(27)61)22-28(52)34(58)32(56)23-24-33(57)41(65)45(69)46(70)48(24)74(47(22)23)51-72-49(17-9-5-2-6-10-17)71-50(73-51)18-13-11-16(12-14-18)15-7-3-1-4-8-15/h1-14H. The molecule has 0 fully saturated rings. The summed E-state index contributed by atoms with van der Waals surface area (Å²) in [6.45, 7) is 0. The molecule has 2 aromatic heterocycles. The van der Waals surface area contributed by atoms with Gasteiger partial charge in [-0.1, -0.05) is 140 Å². The fourth-order valence-electron chi connectivity index (χ4n) is 11.4. The summed E-state index contributed by atoms with van der Waals surface area (Å²) in [6, 6.07) is 27.0. The lowest BCUT2D eigenvalue weighted by Gasteiger charge is -2.38. The normalized spacial score (nSPS) is 12.9. The Morgan fingerprint density at radius 2 is 0.581 bits per heavy atom. The van der Waals surface area contributed by atoms with Crippen LogP contribution in [0.15, 0.2) is 84.9 Å². The molecule has 36 radical (unpaired) electrons. The van der Waals surface area contributed by atoms with Crippen molar-refractivity contribution in [3.05, 3.63) is 107 Å². The molecule has 0 saturated heterocycles. The van der Waals surface area contributed by atoms with Gasteiger partial charge in [0, 0.05) is 27.6 Å². The van der Waals surface area contributed by atoms with E-state index in [4.69, 9.17) is 156 Å². The van der Waals surface area contributed by atoms with Crippen LogP contribution in [-0.4, -0.2) is 161 Å². The first kappa shape index (κ1) is 48.7. The zero-order valence-corrected chi connectivity index (χ0v) is 39.3. The quantitative estimate of drug-likeness (QED) is 0.165.